The molecule has 2 unspecified atom stereocenters. The summed E-state index contributed by atoms with van der Waals surface area (Å²) in [5, 5.41) is 27.6. The SMILES string of the molecule is O=C(O)CNS(=O)(=O)c1ccc(C(O)C(O)CS)cc1. The van der Waals surface area contributed by atoms with Gasteiger partial charge < -0.3 is 15.3 Å². The average Bonchev–Trinajstić information content (AvgIpc) is 2.43. The molecular formula is C11H15NO6S2. The minimum Gasteiger partial charge on any atom is -0.480 e. The van der Waals surface area contributed by atoms with E-state index < -0.39 is 34.7 Å². The molecule has 0 saturated carbocycles. The molecule has 0 bridgehead atoms. The van der Waals surface area contributed by atoms with Crippen molar-refractivity contribution >= 4 is 28.6 Å². The van der Waals surface area contributed by atoms with E-state index in [1.165, 1.54) is 24.3 Å². The van der Waals surface area contributed by atoms with Gasteiger partial charge in [0.2, 0.25) is 10.0 Å². The van der Waals surface area contributed by atoms with Crippen molar-refractivity contribution in [2.75, 3.05) is 12.3 Å². The van der Waals surface area contributed by atoms with Crippen LogP contribution in [0.1, 0.15) is 11.7 Å². The predicted molar refractivity (Wildman–Crippen MR) is 74.1 cm³/mol. The third-order valence-electron chi connectivity index (χ3n) is 2.50. The topological polar surface area (TPSA) is 124 Å². The van der Waals surface area contributed by atoms with E-state index in [2.05, 4.69) is 12.6 Å². The summed E-state index contributed by atoms with van der Waals surface area (Å²) < 4.78 is 25.3. The lowest BCUT2D eigenvalue weighted by molar-refractivity contribution is -0.135. The van der Waals surface area contributed by atoms with Crippen LogP contribution in [-0.2, 0) is 14.8 Å². The number of thiol groups is 1. The highest BCUT2D eigenvalue weighted by Gasteiger charge is 2.19. The molecule has 0 aliphatic heterocycles. The molecule has 0 saturated heterocycles. The van der Waals surface area contributed by atoms with E-state index in [9.17, 15) is 23.4 Å². The molecule has 0 spiro atoms. The zero-order valence-electron chi connectivity index (χ0n) is 10.3. The van der Waals surface area contributed by atoms with Crippen molar-refractivity contribution in [3.05, 3.63) is 29.8 Å². The molecule has 2 atom stereocenters. The molecule has 112 valence electrons. The lowest BCUT2D eigenvalue weighted by Crippen LogP contribution is -2.29. The van der Waals surface area contributed by atoms with E-state index in [-0.39, 0.29) is 10.6 Å². The van der Waals surface area contributed by atoms with Gasteiger partial charge >= 0.3 is 5.97 Å². The molecule has 0 aliphatic carbocycles. The lowest BCUT2D eigenvalue weighted by Gasteiger charge is -2.16. The molecule has 1 rings (SSSR count). The van der Waals surface area contributed by atoms with Crippen LogP contribution < -0.4 is 4.72 Å². The van der Waals surface area contributed by atoms with E-state index in [1.54, 1.807) is 0 Å². The second-order valence-corrected chi connectivity index (χ2v) is 6.11. The van der Waals surface area contributed by atoms with Gasteiger partial charge in [-0.3, -0.25) is 4.79 Å². The molecule has 0 radical (unpaired) electrons. The summed E-state index contributed by atoms with van der Waals surface area (Å²) in [6.07, 6.45) is -2.23. The summed E-state index contributed by atoms with van der Waals surface area (Å²) in [6.45, 7) is -0.717. The van der Waals surface area contributed by atoms with Gasteiger partial charge in [0.15, 0.2) is 0 Å². The monoisotopic (exact) mass is 321 g/mol. The predicted octanol–water partition coefficient (Wildman–Crippen LogP) is -0.626. The third-order valence-corrected chi connectivity index (χ3v) is 4.29. The average molecular weight is 321 g/mol. The van der Waals surface area contributed by atoms with Crippen LogP contribution in [0, 0.1) is 0 Å². The van der Waals surface area contributed by atoms with E-state index in [4.69, 9.17) is 5.11 Å². The van der Waals surface area contributed by atoms with Crippen molar-refractivity contribution in [3.8, 4) is 0 Å². The fraction of sp³-hybridized carbons (Fsp3) is 0.364. The minimum atomic E-state index is -3.91. The number of carboxylic acids is 1. The van der Waals surface area contributed by atoms with Crippen LogP contribution in [0.2, 0.25) is 0 Å². The number of hydrogen-bond donors (Lipinski definition) is 5. The van der Waals surface area contributed by atoms with Crippen molar-refractivity contribution in [2.24, 2.45) is 0 Å². The number of carboxylic acid groups (broad SMARTS) is 1. The number of aliphatic carboxylic acids is 1. The summed E-state index contributed by atoms with van der Waals surface area (Å²) in [4.78, 5) is 10.2. The Morgan fingerprint density at radius 2 is 1.80 bits per heavy atom. The highest BCUT2D eigenvalue weighted by molar-refractivity contribution is 7.89. The molecule has 9 heteroatoms. The van der Waals surface area contributed by atoms with Gasteiger partial charge in [0.05, 0.1) is 11.0 Å². The molecule has 0 amide bonds. The van der Waals surface area contributed by atoms with Gasteiger partial charge in [-0.25, -0.2) is 8.42 Å². The molecule has 1 aromatic rings. The van der Waals surface area contributed by atoms with Crippen LogP contribution >= 0.6 is 12.6 Å². The number of carbonyl (C=O) groups is 1. The van der Waals surface area contributed by atoms with E-state index in [1.807, 2.05) is 4.72 Å². The number of nitrogens with one attached hydrogen (secondary N) is 1. The maximum Gasteiger partial charge on any atom is 0.318 e. The van der Waals surface area contributed by atoms with Gasteiger partial charge in [-0.1, -0.05) is 12.1 Å². The Morgan fingerprint density at radius 3 is 2.25 bits per heavy atom. The Hall–Kier alpha value is -1.13. The van der Waals surface area contributed by atoms with Gasteiger partial charge in [-0.15, -0.1) is 0 Å². The quantitative estimate of drug-likeness (QED) is 0.426. The first-order chi connectivity index (χ1) is 9.27. The Balaban J connectivity index is 2.88. The Bertz CT molecular complexity index is 557. The molecule has 0 fully saturated rings. The number of rotatable bonds is 7. The molecule has 1 aromatic carbocycles. The molecule has 0 aliphatic rings. The summed E-state index contributed by atoms with van der Waals surface area (Å²) >= 11 is 3.85. The summed E-state index contributed by atoms with van der Waals surface area (Å²) in [5.74, 6) is -1.24. The Kier molecular flexibility index (Phi) is 5.96. The molecule has 20 heavy (non-hydrogen) atoms. The second-order valence-electron chi connectivity index (χ2n) is 3.98. The van der Waals surface area contributed by atoms with Gasteiger partial charge in [0.25, 0.3) is 0 Å². The second kappa shape index (κ2) is 7.04. The first-order valence-corrected chi connectivity index (χ1v) is 7.68. The maximum atomic E-state index is 11.7. The van der Waals surface area contributed by atoms with Crippen LogP contribution in [0.5, 0.6) is 0 Å². The van der Waals surface area contributed by atoms with Crippen LogP contribution in [0.3, 0.4) is 0 Å². The number of aliphatic hydroxyl groups is 2. The summed E-state index contributed by atoms with van der Waals surface area (Å²) in [6, 6.07) is 5.11. The molecule has 0 heterocycles. The Morgan fingerprint density at radius 1 is 1.25 bits per heavy atom. The van der Waals surface area contributed by atoms with E-state index >= 15 is 0 Å². The van der Waals surface area contributed by atoms with Crippen LogP contribution in [0.25, 0.3) is 0 Å². The van der Waals surface area contributed by atoms with Crippen LogP contribution in [0.15, 0.2) is 29.2 Å². The van der Waals surface area contributed by atoms with Crippen molar-refractivity contribution in [3.63, 3.8) is 0 Å². The fourth-order valence-electron chi connectivity index (χ4n) is 1.41. The summed E-state index contributed by atoms with van der Waals surface area (Å²) in [5.41, 5.74) is 0.337. The third kappa shape index (κ3) is 4.46. The normalized spacial score (nSPS) is 14.8. The standard InChI is InChI=1S/C11H15NO6S2/c13-9(6-19)11(16)7-1-3-8(4-2-7)20(17,18)12-5-10(14)15/h1-4,9,11-13,16,19H,5-6H2,(H,14,15). The largest absolute Gasteiger partial charge is 0.480 e. The Labute approximate surface area is 121 Å². The van der Waals surface area contributed by atoms with Crippen molar-refractivity contribution in [1.82, 2.24) is 4.72 Å². The zero-order chi connectivity index (χ0) is 15.3. The molecule has 7 nitrogen and oxygen atoms in total. The molecule has 0 aromatic heterocycles. The fourth-order valence-corrected chi connectivity index (χ4v) is 2.58. The van der Waals surface area contributed by atoms with Crippen molar-refractivity contribution in [1.29, 1.82) is 0 Å². The zero-order valence-corrected chi connectivity index (χ0v) is 12.0. The van der Waals surface area contributed by atoms with Gasteiger partial charge in [0, 0.05) is 5.75 Å². The first kappa shape index (κ1) is 16.9. The minimum absolute atomic E-state index is 0.0569. The molecule has 4 N–H and O–H groups in total. The van der Waals surface area contributed by atoms with Crippen LogP contribution in [0.4, 0.5) is 0 Å². The highest BCUT2D eigenvalue weighted by Crippen LogP contribution is 2.19. The lowest BCUT2D eigenvalue weighted by atomic mass is 10.1. The number of hydrogen-bond acceptors (Lipinski definition) is 6. The molecular weight excluding hydrogens is 306 g/mol. The number of benzene rings is 1. The van der Waals surface area contributed by atoms with E-state index in [0.29, 0.717) is 5.56 Å². The van der Waals surface area contributed by atoms with Crippen LogP contribution in [-0.4, -0.2) is 48.1 Å². The number of sulfonamides is 1. The highest BCUT2D eigenvalue weighted by atomic mass is 32.2. The summed E-state index contributed by atoms with van der Waals surface area (Å²) in [7, 11) is -3.91. The van der Waals surface area contributed by atoms with Gasteiger partial charge in [-0.05, 0) is 17.7 Å². The number of aliphatic hydroxyl groups excluding tert-OH is 2. The van der Waals surface area contributed by atoms with E-state index in [0.717, 1.165) is 0 Å². The van der Waals surface area contributed by atoms with Crippen molar-refractivity contribution < 1.29 is 28.5 Å². The van der Waals surface area contributed by atoms with Gasteiger partial charge in [-0.2, -0.15) is 17.4 Å². The maximum absolute atomic E-state index is 11.7. The first-order valence-electron chi connectivity index (χ1n) is 5.56. The van der Waals surface area contributed by atoms with Crippen molar-refractivity contribution in [2.45, 2.75) is 17.1 Å². The van der Waals surface area contributed by atoms with Gasteiger partial charge in [0.1, 0.15) is 12.6 Å². The smallest absolute Gasteiger partial charge is 0.318 e.